The molecule has 1 N–H and O–H groups in total. The number of carbonyl (C=O) groups is 2. The maximum Gasteiger partial charge on any atom is 0.338 e. The number of ether oxygens (including phenoxy) is 1. The summed E-state index contributed by atoms with van der Waals surface area (Å²) in [5, 5.41) is 13.7. The first-order valence-electron chi connectivity index (χ1n) is 10.7. The molecule has 0 aliphatic heterocycles. The Hall–Kier alpha value is -4.93. The SMILES string of the molecule is Cc1nc2ccccc2c(=O)n1-c1ccc(C(=O)OC(C)C(=O)Nc2ccc(F)c([N+](=O)[O-])c2)cc1. The monoisotopic (exact) mass is 490 g/mol. The Labute approximate surface area is 203 Å². The first kappa shape index (κ1) is 24.2. The number of esters is 1. The molecule has 4 rings (SSSR count). The van der Waals surface area contributed by atoms with E-state index in [-0.39, 0.29) is 16.8 Å². The number of hydrogen-bond donors (Lipinski definition) is 1. The summed E-state index contributed by atoms with van der Waals surface area (Å²) in [5.41, 5.74) is 0.142. The van der Waals surface area contributed by atoms with Gasteiger partial charge in [-0.05, 0) is 62.4 Å². The largest absolute Gasteiger partial charge is 0.449 e. The van der Waals surface area contributed by atoms with Gasteiger partial charge in [-0.1, -0.05) is 12.1 Å². The zero-order valence-corrected chi connectivity index (χ0v) is 19.1. The lowest BCUT2D eigenvalue weighted by Gasteiger charge is -2.14. The molecule has 4 aromatic rings. The zero-order valence-electron chi connectivity index (χ0n) is 19.1. The van der Waals surface area contributed by atoms with Crippen LogP contribution in [0.15, 0.2) is 71.5 Å². The van der Waals surface area contributed by atoms with E-state index in [1.807, 2.05) is 0 Å². The number of nitrogens with one attached hydrogen (secondary N) is 1. The van der Waals surface area contributed by atoms with E-state index in [2.05, 4.69) is 10.3 Å². The summed E-state index contributed by atoms with van der Waals surface area (Å²) in [6.07, 6.45) is -1.25. The van der Waals surface area contributed by atoms with E-state index in [1.54, 1.807) is 43.3 Å². The van der Waals surface area contributed by atoms with Gasteiger partial charge in [0.25, 0.3) is 11.5 Å². The molecule has 1 aromatic heterocycles. The quantitative estimate of drug-likeness (QED) is 0.246. The third kappa shape index (κ3) is 4.80. The fraction of sp³-hybridized carbons (Fsp3) is 0.120. The second-order valence-electron chi connectivity index (χ2n) is 7.82. The second kappa shape index (κ2) is 9.74. The molecule has 0 bridgehead atoms. The van der Waals surface area contributed by atoms with E-state index in [1.165, 1.54) is 23.6 Å². The minimum absolute atomic E-state index is 0.0230. The summed E-state index contributed by atoms with van der Waals surface area (Å²) in [7, 11) is 0. The summed E-state index contributed by atoms with van der Waals surface area (Å²) in [5.74, 6) is -2.13. The van der Waals surface area contributed by atoms with Gasteiger partial charge in [0.2, 0.25) is 5.82 Å². The molecular weight excluding hydrogens is 471 g/mol. The molecule has 0 fully saturated rings. The van der Waals surface area contributed by atoms with E-state index >= 15 is 0 Å². The van der Waals surface area contributed by atoms with E-state index < -0.39 is 34.4 Å². The molecule has 36 heavy (non-hydrogen) atoms. The molecule has 182 valence electrons. The molecule has 11 heteroatoms. The molecule has 1 atom stereocenters. The number of hydrogen-bond acceptors (Lipinski definition) is 7. The van der Waals surface area contributed by atoms with Crippen LogP contribution in [-0.2, 0) is 9.53 Å². The number of anilines is 1. The Kier molecular flexibility index (Phi) is 6.55. The topological polar surface area (TPSA) is 133 Å². The third-order valence-corrected chi connectivity index (χ3v) is 5.37. The van der Waals surface area contributed by atoms with Crippen molar-refractivity contribution < 1.29 is 23.6 Å². The van der Waals surface area contributed by atoms with Gasteiger partial charge in [0.15, 0.2) is 6.10 Å². The van der Waals surface area contributed by atoms with Crippen LogP contribution in [0.2, 0.25) is 0 Å². The summed E-state index contributed by atoms with van der Waals surface area (Å²) in [6.45, 7) is 3.02. The number of nitrogens with zero attached hydrogens (tertiary/aromatic N) is 3. The third-order valence-electron chi connectivity index (χ3n) is 5.37. The van der Waals surface area contributed by atoms with Crippen LogP contribution < -0.4 is 10.9 Å². The predicted octanol–water partition coefficient (Wildman–Crippen LogP) is 3.93. The highest BCUT2D eigenvalue weighted by molar-refractivity contribution is 5.97. The van der Waals surface area contributed by atoms with Gasteiger partial charge >= 0.3 is 11.7 Å². The van der Waals surface area contributed by atoms with Crippen molar-refractivity contribution in [2.24, 2.45) is 0 Å². The van der Waals surface area contributed by atoms with Crippen molar-refractivity contribution in [1.82, 2.24) is 9.55 Å². The molecule has 1 unspecified atom stereocenters. The minimum atomic E-state index is -1.25. The van der Waals surface area contributed by atoms with E-state index in [4.69, 9.17) is 4.74 Å². The number of nitro groups is 1. The van der Waals surface area contributed by atoms with Crippen LogP contribution in [0.4, 0.5) is 15.8 Å². The Morgan fingerprint density at radius 3 is 2.50 bits per heavy atom. The summed E-state index contributed by atoms with van der Waals surface area (Å²) in [6, 6.07) is 15.9. The van der Waals surface area contributed by atoms with Crippen LogP contribution in [0.1, 0.15) is 23.1 Å². The van der Waals surface area contributed by atoms with Crippen molar-refractivity contribution in [3.8, 4) is 5.69 Å². The molecule has 0 aliphatic carbocycles. The second-order valence-corrected chi connectivity index (χ2v) is 7.82. The molecule has 0 spiro atoms. The van der Waals surface area contributed by atoms with Crippen molar-refractivity contribution in [2.75, 3.05) is 5.32 Å². The number of para-hydroxylation sites is 1. The maximum absolute atomic E-state index is 13.5. The van der Waals surface area contributed by atoms with Gasteiger partial charge in [-0.3, -0.25) is 24.3 Å². The Morgan fingerprint density at radius 1 is 1.11 bits per heavy atom. The number of halogens is 1. The Balaban J connectivity index is 1.47. The molecule has 0 saturated heterocycles. The lowest BCUT2D eigenvalue weighted by Crippen LogP contribution is -2.30. The molecule has 0 saturated carbocycles. The Morgan fingerprint density at radius 2 is 1.81 bits per heavy atom. The van der Waals surface area contributed by atoms with Crippen molar-refractivity contribution in [3.05, 3.63) is 104 Å². The van der Waals surface area contributed by atoms with Gasteiger partial charge in [-0.25, -0.2) is 9.78 Å². The number of amides is 1. The van der Waals surface area contributed by atoms with E-state index in [0.717, 1.165) is 18.2 Å². The maximum atomic E-state index is 13.5. The summed E-state index contributed by atoms with van der Waals surface area (Å²) >= 11 is 0. The van der Waals surface area contributed by atoms with Crippen molar-refractivity contribution in [3.63, 3.8) is 0 Å². The molecular formula is C25H19FN4O6. The van der Waals surface area contributed by atoms with E-state index in [0.29, 0.717) is 22.4 Å². The number of rotatable bonds is 6. The van der Waals surface area contributed by atoms with Gasteiger partial charge < -0.3 is 10.1 Å². The van der Waals surface area contributed by atoms with Crippen LogP contribution in [0.3, 0.4) is 0 Å². The number of aromatic nitrogens is 2. The van der Waals surface area contributed by atoms with Gasteiger partial charge in [-0.15, -0.1) is 0 Å². The number of nitro benzene ring substituents is 1. The first-order valence-corrected chi connectivity index (χ1v) is 10.7. The fourth-order valence-electron chi connectivity index (χ4n) is 3.55. The molecule has 1 amide bonds. The highest BCUT2D eigenvalue weighted by Crippen LogP contribution is 2.22. The van der Waals surface area contributed by atoms with Crippen LogP contribution >= 0.6 is 0 Å². The smallest absolute Gasteiger partial charge is 0.338 e. The average molecular weight is 490 g/mol. The summed E-state index contributed by atoms with van der Waals surface area (Å²) in [4.78, 5) is 52.3. The van der Waals surface area contributed by atoms with Crippen LogP contribution in [0.25, 0.3) is 16.6 Å². The minimum Gasteiger partial charge on any atom is -0.449 e. The normalized spacial score (nSPS) is 11.6. The molecule has 0 radical (unpaired) electrons. The number of carbonyl (C=O) groups excluding carboxylic acids is 2. The van der Waals surface area contributed by atoms with Crippen LogP contribution in [0.5, 0.6) is 0 Å². The van der Waals surface area contributed by atoms with Gasteiger partial charge in [0.1, 0.15) is 5.82 Å². The zero-order chi connectivity index (χ0) is 26.0. The lowest BCUT2D eigenvalue weighted by molar-refractivity contribution is -0.387. The number of aryl methyl sites for hydroxylation is 1. The predicted molar refractivity (Wildman–Crippen MR) is 129 cm³/mol. The van der Waals surface area contributed by atoms with Crippen molar-refractivity contribution in [1.29, 1.82) is 0 Å². The molecule has 10 nitrogen and oxygen atoms in total. The lowest BCUT2D eigenvalue weighted by atomic mass is 10.2. The first-order chi connectivity index (χ1) is 17.2. The molecule has 0 aliphatic rings. The van der Waals surface area contributed by atoms with Crippen molar-refractivity contribution in [2.45, 2.75) is 20.0 Å². The average Bonchev–Trinajstić information content (AvgIpc) is 2.85. The van der Waals surface area contributed by atoms with Gasteiger partial charge in [0.05, 0.1) is 27.1 Å². The number of fused-ring (bicyclic) bond motifs is 1. The van der Waals surface area contributed by atoms with Crippen LogP contribution in [-0.4, -0.2) is 32.5 Å². The number of benzene rings is 3. The highest BCUT2D eigenvalue weighted by atomic mass is 19.1. The van der Waals surface area contributed by atoms with Crippen molar-refractivity contribution >= 4 is 34.2 Å². The fourth-order valence-corrected chi connectivity index (χ4v) is 3.55. The van der Waals surface area contributed by atoms with Gasteiger partial charge in [0, 0.05) is 11.8 Å². The molecule has 1 heterocycles. The van der Waals surface area contributed by atoms with Gasteiger partial charge in [-0.2, -0.15) is 4.39 Å². The molecule has 3 aromatic carbocycles. The van der Waals surface area contributed by atoms with Crippen LogP contribution in [0, 0.1) is 22.9 Å². The standard InChI is InChI=1S/C25H19FN4O6/c1-14(23(31)28-17-9-12-20(26)22(13-17)30(34)35)36-25(33)16-7-10-18(11-8-16)29-15(2)27-21-6-4-3-5-19(21)24(29)32/h3-14H,1-2H3,(H,28,31). The Bertz CT molecular complexity index is 1570. The highest BCUT2D eigenvalue weighted by Gasteiger charge is 2.21. The van der Waals surface area contributed by atoms with E-state index in [9.17, 15) is 28.9 Å². The summed E-state index contributed by atoms with van der Waals surface area (Å²) < 4.78 is 20.1.